The highest BCUT2D eigenvalue weighted by atomic mass is 35.5. The number of piperazine rings is 1. The number of benzene rings is 6. The summed E-state index contributed by atoms with van der Waals surface area (Å²) in [5, 5.41) is 20.7. The number of aryl methyl sites for hydroxylation is 1. The number of rotatable bonds is 26. The molecule has 0 unspecified atom stereocenters. The summed E-state index contributed by atoms with van der Waals surface area (Å²) in [6, 6.07) is 37.8. The summed E-state index contributed by atoms with van der Waals surface area (Å²) in [5.74, 6) is 4.66. The topological polar surface area (TPSA) is 313 Å². The molecule has 4 aliphatic heterocycles. The minimum atomic E-state index is -3.66. The van der Waals surface area contributed by atoms with E-state index >= 15 is 0 Å². The maximum absolute atomic E-state index is 13.6. The molecule has 9 aromatic rings. The van der Waals surface area contributed by atoms with Crippen LogP contribution in [0.5, 0.6) is 17.2 Å². The molecule has 3 aromatic heterocycles. The number of halogens is 2. The standard InChI is InChI=1S/C32H45ClN7O4PS.C30H40ClN6O2P.C23H29N4O4PS/c1-22(2)46(42,43)30-19-24(39-13-11-23(12-14-39)40-17-15-38(3)16-18-40)7-9-28(30)35-31-26(33)21-34-32(37-31)36-27-10-8-25(45(5,6)41)20-29(27)44-4;1-21-11-15-36(16-12-21)22-13-17-37(18-14-22)23-9-10-25(27(19-23)39-2)34-30-32-20-24(31)29(35-30)33-26-7-5-6-8-28(26)40(3,4)38;1-15(2)33(29,30)21-10-8-7-9-19(21)25-22-16(3)14-24-23(27-22)26-18-12-11-17(32(5,6)28)13-20(18)31-4/h7-10,19-23H,11-18H2,1-6H3,(H2,34,35,36,37);5-10,19-22H,11-18H2,1-4H3,(H2,32,33,34,35);7-15H,1-6H3,(H2,24,25,26,27). The number of sulfone groups is 2. The molecular formula is C85H114Cl2N17O10P3S2. The van der Waals surface area contributed by atoms with E-state index in [0.29, 0.717) is 91.2 Å². The van der Waals surface area contributed by atoms with Crippen molar-refractivity contribution in [3.8, 4) is 17.2 Å². The fourth-order valence-electron chi connectivity index (χ4n) is 14.6. The Morgan fingerprint density at radius 3 is 1.29 bits per heavy atom. The van der Waals surface area contributed by atoms with Crippen LogP contribution in [0, 0.1) is 12.8 Å². The molecule has 34 heteroatoms. The molecule has 0 bridgehead atoms. The van der Waals surface area contributed by atoms with Gasteiger partial charge in [-0.3, -0.25) is 4.90 Å². The lowest BCUT2D eigenvalue weighted by Crippen LogP contribution is -2.52. The van der Waals surface area contributed by atoms with E-state index in [0.717, 1.165) is 105 Å². The smallest absolute Gasteiger partial charge is 0.229 e. The monoisotopic (exact) mass is 1760 g/mol. The maximum Gasteiger partial charge on any atom is 0.229 e. The number of hydrogen-bond donors (Lipinski definition) is 6. The van der Waals surface area contributed by atoms with Crippen molar-refractivity contribution in [2.75, 3.05) is 176 Å². The van der Waals surface area contributed by atoms with E-state index in [9.17, 15) is 30.5 Å². The van der Waals surface area contributed by atoms with Crippen LogP contribution in [-0.4, -0.2) is 218 Å². The first-order valence-corrected chi connectivity index (χ1v) is 51.7. The van der Waals surface area contributed by atoms with Gasteiger partial charge in [-0.25, -0.2) is 31.8 Å². The molecule has 119 heavy (non-hydrogen) atoms. The van der Waals surface area contributed by atoms with Crippen LogP contribution in [0.1, 0.15) is 78.7 Å². The SMILES string of the molecule is COc1cc(N2CCC(N3CCC(C)CC3)CC2)ccc1Nc1ncc(Cl)c(Nc2ccccc2P(C)(C)=O)n1.COc1cc(P(C)(C)=O)ccc1Nc1ncc(C)c(Nc2ccccc2S(=O)(=O)C(C)C)n1.COc1cc(P(C)(C)=O)ccc1Nc1ncc(Cl)c(Nc2ccc(N3CCC(N4CCN(C)CC4)CC3)cc2S(=O)(=O)C(C)C)n1. The number of aromatic nitrogens is 6. The lowest BCUT2D eigenvalue weighted by atomic mass is 9.95. The lowest BCUT2D eigenvalue weighted by molar-refractivity contribution is 0.0982. The summed E-state index contributed by atoms with van der Waals surface area (Å²) < 4.78 is 107. The van der Waals surface area contributed by atoms with Crippen LogP contribution in [0.4, 0.5) is 80.8 Å². The van der Waals surface area contributed by atoms with Gasteiger partial charge in [0.2, 0.25) is 17.8 Å². The summed E-state index contributed by atoms with van der Waals surface area (Å²) in [4.78, 5) is 39.5. The normalized spacial score (nSPS) is 15.9. The first-order valence-electron chi connectivity index (χ1n) is 40.1. The summed E-state index contributed by atoms with van der Waals surface area (Å²) >= 11 is 12.9. The number of nitrogens with zero attached hydrogens (tertiary/aromatic N) is 11. The summed E-state index contributed by atoms with van der Waals surface area (Å²) in [7, 11) is -7.65. The van der Waals surface area contributed by atoms with Gasteiger partial charge in [0.1, 0.15) is 54.5 Å². The van der Waals surface area contributed by atoms with Gasteiger partial charge in [-0.1, -0.05) is 54.4 Å². The van der Waals surface area contributed by atoms with E-state index in [1.807, 2.05) is 43.3 Å². The molecule has 4 saturated heterocycles. The Kier molecular flexibility index (Phi) is 30.3. The molecule has 0 radical (unpaired) electrons. The number of methoxy groups -OCH3 is 3. The van der Waals surface area contributed by atoms with Crippen molar-refractivity contribution in [3.05, 3.63) is 156 Å². The van der Waals surface area contributed by atoms with Crippen LogP contribution in [0.2, 0.25) is 10.0 Å². The van der Waals surface area contributed by atoms with Gasteiger partial charge in [-0.15, -0.1) is 0 Å². The van der Waals surface area contributed by atoms with Crippen molar-refractivity contribution in [1.82, 2.24) is 44.6 Å². The van der Waals surface area contributed by atoms with Crippen LogP contribution in [0.15, 0.2) is 150 Å². The predicted molar refractivity (Wildman–Crippen MR) is 490 cm³/mol. The molecule has 27 nitrogen and oxygen atoms in total. The average molecular weight is 1760 g/mol. The number of likely N-dealkylation sites (tertiary alicyclic amines) is 1. The Bertz CT molecular complexity index is 5440. The van der Waals surface area contributed by atoms with Gasteiger partial charge >= 0.3 is 0 Å². The van der Waals surface area contributed by atoms with E-state index in [1.165, 1.54) is 59.2 Å². The molecule has 0 amide bonds. The molecule has 0 atom stereocenters. The molecular weight excluding hydrogens is 1650 g/mol. The zero-order chi connectivity index (χ0) is 85.9. The van der Waals surface area contributed by atoms with Crippen LogP contribution in [-0.2, 0) is 33.4 Å². The highest BCUT2D eigenvalue weighted by Gasteiger charge is 2.33. The van der Waals surface area contributed by atoms with Crippen LogP contribution in [0.3, 0.4) is 0 Å². The van der Waals surface area contributed by atoms with Crippen molar-refractivity contribution in [1.29, 1.82) is 0 Å². The Balaban J connectivity index is 0.000000177. The average Bonchev–Trinajstić information content (AvgIpc) is 0.789. The van der Waals surface area contributed by atoms with Gasteiger partial charge in [0, 0.05) is 110 Å². The number of anilines is 14. The van der Waals surface area contributed by atoms with Crippen molar-refractivity contribution in [3.63, 3.8) is 0 Å². The molecule has 7 heterocycles. The Morgan fingerprint density at radius 2 is 0.815 bits per heavy atom. The summed E-state index contributed by atoms with van der Waals surface area (Å²) in [6.07, 6.45) is 11.8. The molecule has 0 spiro atoms. The number of para-hydroxylation sites is 2. The van der Waals surface area contributed by atoms with E-state index < -0.39 is 51.6 Å². The number of likely N-dealkylation sites (N-methyl/N-ethyl adjacent to an activating group) is 1. The summed E-state index contributed by atoms with van der Waals surface area (Å²) in [6.45, 7) is 31.9. The third-order valence-electron chi connectivity index (χ3n) is 22.0. The van der Waals surface area contributed by atoms with Crippen molar-refractivity contribution in [2.24, 2.45) is 5.92 Å². The highest BCUT2D eigenvalue weighted by Crippen LogP contribution is 2.44. The first-order chi connectivity index (χ1) is 56.4. The second-order valence-electron chi connectivity index (χ2n) is 32.3. The molecule has 6 N–H and O–H groups in total. The zero-order valence-corrected chi connectivity index (χ0v) is 76.7. The van der Waals surface area contributed by atoms with E-state index in [1.54, 1.807) is 160 Å². The molecule has 0 saturated carbocycles. The lowest BCUT2D eigenvalue weighted by Gasteiger charge is -2.42. The molecule has 4 fully saturated rings. The second-order valence-corrected chi connectivity index (χ2v) is 47.7. The van der Waals surface area contributed by atoms with Gasteiger partial charge in [-0.05, 0) is 230 Å². The van der Waals surface area contributed by atoms with Gasteiger partial charge in [0.05, 0.1) is 88.1 Å². The third kappa shape index (κ3) is 23.4. The fraction of sp³-hybridized carbons (Fsp3) is 0.435. The van der Waals surface area contributed by atoms with Crippen LogP contribution in [0.25, 0.3) is 0 Å². The van der Waals surface area contributed by atoms with Crippen molar-refractivity contribution in [2.45, 2.75) is 112 Å². The van der Waals surface area contributed by atoms with Gasteiger partial charge in [0.25, 0.3) is 0 Å². The third-order valence-corrected chi connectivity index (χ3v) is 31.5. The van der Waals surface area contributed by atoms with Gasteiger partial charge < -0.3 is 79.4 Å². The van der Waals surface area contributed by atoms with Crippen molar-refractivity contribution >= 4 is 161 Å². The molecule has 4 aliphatic rings. The molecule has 640 valence electrons. The van der Waals surface area contributed by atoms with E-state index in [-0.39, 0.29) is 26.6 Å². The largest absolute Gasteiger partial charge is 0.495 e. The Labute approximate surface area is 712 Å². The molecule has 6 aromatic carbocycles. The minimum absolute atomic E-state index is 0.200. The number of nitrogens with one attached hydrogen (secondary N) is 6. The van der Waals surface area contributed by atoms with Crippen LogP contribution < -0.4 is 71.8 Å². The molecule has 13 rings (SSSR count). The van der Waals surface area contributed by atoms with Crippen molar-refractivity contribution < 1.29 is 44.7 Å². The first kappa shape index (κ1) is 91.2. The van der Waals surface area contributed by atoms with Gasteiger partial charge in [0.15, 0.2) is 31.3 Å². The van der Waals surface area contributed by atoms with Crippen LogP contribution >= 0.6 is 44.6 Å². The number of ether oxygens (including phenoxy) is 3. The second kappa shape index (κ2) is 39.5. The Morgan fingerprint density at radius 1 is 0.429 bits per heavy atom. The minimum Gasteiger partial charge on any atom is -0.495 e. The predicted octanol–water partition coefficient (Wildman–Crippen LogP) is 16.6. The maximum atomic E-state index is 13.6. The highest BCUT2D eigenvalue weighted by molar-refractivity contribution is 7.92. The number of hydrogen-bond acceptors (Lipinski definition) is 27. The number of piperidine rings is 3. The Hall–Kier alpha value is -8.59. The summed E-state index contributed by atoms with van der Waals surface area (Å²) in [5.41, 5.74) is 6.31. The van der Waals surface area contributed by atoms with E-state index in [4.69, 9.17) is 37.4 Å². The quantitative estimate of drug-likeness (QED) is 0.0274. The van der Waals surface area contributed by atoms with Gasteiger partial charge in [-0.2, -0.15) is 15.0 Å². The molecule has 0 aliphatic carbocycles. The zero-order valence-electron chi connectivity index (χ0n) is 70.9. The fourth-order valence-corrected chi connectivity index (χ4v) is 20.2. The van der Waals surface area contributed by atoms with E-state index in [2.05, 4.69) is 112 Å².